The number of fused-ring (bicyclic) bond motifs is 1. The van der Waals surface area contributed by atoms with Crippen LogP contribution in [0.15, 0.2) is 71.9 Å². The third-order valence-corrected chi connectivity index (χ3v) is 6.64. The lowest BCUT2D eigenvalue weighted by Gasteiger charge is -2.14. The highest BCUT2D eigenvalue weighted by Crippen LogP contribution is 2.34. The number of rotatable bonds is 7. The second-order valence-electron chi connectivity index (χ2n) is 7.16. The normalized spacial score (nSPS) is 11.5. The minimum atomic E-state index is -3.90. The van der Waals surface area contributed by atoms with Crippen LogP contribution in [0.3, 0.4) is 0 Å². The number of sulfonamides is 1. The highest BCUT2D eigenvalue weighted by molar-refractivity contribution is 7.92. The van der Waals surface area contributed by atoms with Gasteiger partial charge in [0.2, 0.25) is 0 Å². The fourth-order valence-corrected chi connectivity index (χ4v) is 4.68. The number of benzene rings is 2. The molecule has 3 N–H and O–H groups in total. The van der Waals surface area contributed by atoms with Gasteiger partial charge < -0.3 is 10.4 Å². The second kappa shape index (κ2) is 9.12. The van der Waals surface area contributed by atoms with Crippen molar-refractivity contribution < 1.29 is 13.5 Å². The van der Waals surface area contributed by atoms with Crippen molar-refractivity contribution in [1.82, 2.24) is 9.97 Å². The number of hydrogen-bond donors (Lipinski definition) is 3. The molecule has 0 unspecified atom stereocenters. The van der Waals surface area contributed by atoms with Gasteiger partial charge in [0.1, 0.15) is 5.82 Å². The van der Waals surface area contributed by atoms with Crippen LogP contribution in [0.2, 0.25) is 5.02 Å². The Kier molecular flexibility index (Phi) is 6.27. The van der Waals surface area contributed by atoms with Crippen LogP contribution in [0.25, 0.3) is 22.0 Å². The molecule has 0 aliphatic heterocycles. The van der Waals surface area contributed by atoms with E-state index in [-0.39, 0.29) is 11.5 Å². The van der Waals surface area contributed by atoms with E-state index in [1.54, 1.807) is 25.3 Å². The van der Waals surface area contributed by atoms with Gasteiger partial charge >= 0.3 is 0 Å². The van der Waals surface area contributed by atoms with E-state index in [1.165, 1.54) is 18.3 Å². The van der Waals surface area contributed by atoms with Crippen molar-refractivity contribution in [3.05, 3.63) is 77.6 Å². The lowest BCUT2D eigenvalue weighted by atomic mass is 10.0. The fourth-order valence-electron chi connectivity index (χ4n) is 3.33. The molecule has 2 aromatic heterocycles. The van der Waals surface area contributed by atoms with E-state index in [4.69, 9.17) is 16.7 Å². The number of aliphatic hydroxyl groups is 1. The number of nitrogens with one attached hydrogen (secondary N) is 2. The van der Waals surface area contributed by atoms with Crippen LogP contribution in [-0.2, 0) is 10.0 Å². The maximum atomic E-state index is 13.1. The molecule has 0 spiro atoms. The van der Waals surface area contributed by atoms with E-state index in [0.29, 0.717) is 39.9 Å². The Labute approximate surface area is 191 Å². The van der Waals surface area contributed by atoms with Crippen LogP contribution in [0.4, 0.5) is 11.5 Å². The molecular formula is C23H21ClN4O3S. The third kappa shape index (κ3) is 4.52. The molecule has 7 nitrogen and oxygen atoms in total. The average Bonchev–Trinajstić information content (AvgIpc) is 2.79. The van der Waals surface area contributed by atoms with E-state index in [0.717, 1.165) is 10.8 Å². The first-order chi connectivity index (χ1) is 15.4. The summed E-state index contributed by atoms with van der Waals surface area (Å²) in [6.07, 6.45) is 3.12. The predicted molar refractivity (Wildman–Crippen MR) is 128 cm³/mol. The smallest absolute Gasteiger partial charge is 0.261 e. The van der Waals surface area contributed by atoms with E-state index in [9.17, 15) is 8.42 Å². The lowest BCUT2D eigenvalue weighted by Crippen LogP contribution is -2.15. The van der Waals surface area contributed by atoms with Gasteiger partial charge in [0.25, 0.3) is 10.0 Å². The first kappa shape index (κ1) is 22.0. The van der Waals surface area contributed by atoms with Gasteiger partial charge in [0.15, 0.2) is 0 Å². The van der Waals surface area contributed by atoms with Gasteiger partial charge in [-0.25, -0.2) is 13.4 Å². The minimum Gasteiger partial charge on any atom is -0.395 e. The Bertz CT molecular complexity index is 1390. The molecule has 0 saturated heterocycles. The number of aryl methyl sites for hydroxylation is 1. The van der Waals surface area contributed by atoms with Gasteiger partial charge in [-0.1, -0.05) is 35.9 Å². The molecule has 0 fully saturated rings. The van der Waals surface area contributed by atoms with Crippen molar-refractivity contribution in [2.45, 2.75) is 11.8 Å². The third-order valence-electron chi connectivity index (χ3n) is 4.95. The first-order valence-electron chi connectivity index (χ1n) is 9.87. The summed E-state index contributed by atoms with van der Waals surface area (Å²) in [5.74, 6) is 0.551. The predicted octanol–water partition coefficient (Wildman–Crippen LogP) is 4.46. The topological polar surface area (TPSA) is 104 Å². The number of hydrogen-bond acceptors (Lipinski definition) is 6. The number of halogens is 1. The summed E-state index contributed by atoms with van der Waals surface area (Å²) in [4.78, 5) is 8.71. The zero-order valence-corrected chi connectivity index (χ0v) is 18.8. The molecule has 0 radical (unpaired) electrons. The highest BCUT2D eigenvalue weighted by Gasteiger charge is 2.19. The van der Waals surface area contributed by atoms with Crippen molar-refractivity contribution in [2.75, 3.05) is 23.2 Å². The van der Waals surface area contributed by atoms with E-state index in [2.05, 4.69) is 20.0 Å². The molecule has 9 heteroatoms. The van der Waals surface area contributed by atoms with Gasteiger partial charge in [0, 0.05) is 23.7 Å². The van der Waals surface area contributed by atoms with Gasteiger partial charge in [-0.05, 0) is 48.2 Å². The molecule has 4 aromatic rings. The monoisotopic (exact) mass is 468 g/mol. The molecule has 2 aromatic carbocycles. The molecule has 0 bridgehead atoms. The quantitative estimate of drug-likeness (QED) is 0.370. The van der Waals surface area contributed by atoms with E-state index >= 15 is 0 Å². The molecule has 164 valence electrons. The Morgan fingerprint density at radius 1 is 1.06 bits per heavy atom. The summed E-state index contributed by atoms with van der Waals surface area (Å²) in [6.45, 7) is 2.10. The summed E-state index contributed by atoms with van der Waals surface area (Å²) < 4.78 is 28.8. The fraction of sp³-hybridized carbons (Fsp3) is 0.130. The van der Waals surface area contributed by atoms with Gasteiger partial charge in [-0.2, -0.15) is 0 Å². The van der Waals surface area contributed by atoms with E-state index in [1.807, 2.05) is 30.3 Å². The average molecular weight is 469 g/mol. The SMILES string of the molecule is Cc1cc(NCCO)ncc1NS(=O)(=O)c1ccc(Cl)c(-c2nccc3ccccc23)c1. The summed E-state index contributed by atoms with van der Waals surface area (Å²) >= 11 is 6.44. The van der Waals surface area contributed by atoms with Crippen LogP contribution in [0.5, 0.6) is 0 Å². The van der Waals surface area contributed by atoms with Crippen LogP contribution in [-0.4, -0.2) is 36.6 Å². The van der Waals surface area contributed by atoms with Gasteiger partial charge in [-0.3, -0.25) is 9.71 Å². The molecule has 2 heterocycles. The molecule has 0 amide bonds. The Morgan fingerprint density at radius 2 is 1.88 bits per heavy atom. The molecule has 0 atom stereocenters. The van der Waals surface area contributed by atoms with Gasteiger partial charge in [-0.15, -0.1) is 0 Å². The Balaban J connectivity index is 1.70. The molecule has 32 heavy (non-hydrogen) atoms. The Morgan fingerprint density at radius 3 is 2.66 bits per heavy atom. The molecule has 0 aliphatic rings. The zero-order chi connectivity index (χ0) is 22.7. The molecule has 0 aliphatic carbocycles. The zero-order valence-electron chi connectivity index (χ0n) is 17.2. The minimum absolute atomic E-state index is 0.0282. The van der Waals surface area contributed by atoms with Crippen LogP contribution in [0.1, 0.15) is 5.56 Å². The van der Waals surface area contributed by atoms with Crippen LogP contribution in [0, 0.1) is 6.92 Å². The number of nitrogens with zero attached hydrogens (tertiary/aromatic N) is 2. The van der Waals surface area contributed by atoms with Crippen LogP contribution >= 0.6 is 11.6 Å². The largest absolute Gasteiger partial charge is 0.395 e. The van der Waals surface area contributed by atoms with Gasteiger partial charge in [0.05, 0.1) is 34.1 Å². The second-order valence-corrected chi connectivity index (χ2v) is 9.25. The number of aliphatic hydroxyl groups excluding tert-OH is 1. The molecular weight excluding hydrogens is 448 g/mol. The van der Waals surface area contributed by atoms with Crippen molar-refractivity contribution >= 4 is 43.9 Å². The summed E-state index contributed by atoms with van der Waals surface area (Å²) in [5, 5.41) is 14.1. The molecule has 0 saturated carbocycles. The summed E-state index contributed by atoms with van der Waals surface area (Å²) in [5.41, 5.74) is 2.19. The van der Waals surface area contributed by atoms with E-state index < -0.39 is 10.0 Å². The summed E-state index contributed by atoms with van der Waals surface area (Å²) in [7, 11) is -3.90. The van der Waals surface area contributed by atoms with Crippen molar-refractivity contribution in [3.8, 4) is 11.3 Å². The highest BCUT2D eigenvalue weighted by atomic mass is 35.5. The number of anilines is 2. The van der Waals surface area contributed by atoms with Crippen LogP contribution < -0.4 is 10.0 Å². The standard InChI is InChI=1S/C23H21ClN4O3S/c1-15-12-22(25-10-11-29)27-14-21(15)28-32(30,31)17-6-7-20(24)19(13-17)23-18-5-3-2-4-16(18)8-9-26-23/h2-9,12-14,28-29H,10-11H2,1H3,(H,25,27). The Hall–Kier alpha value is -3.20. The summed E-state index contributed by atoms with van der Waals surface area (Å²) in [6, 6.07) is 15.9. The number of pyridine rings is 2. The maximum Gasteiger partial charge on any atom is 0.261 e. The molecule has 4 rings (SSSR count). The maximum absolute atomic E-state index is 13.1. The first-order valence-corrected chi connectivity index (χ1v) is 11.7. The van der Waals surface area contributed by atoms with Crippen molar-refractivity contribution in [1.29, 1.82) is 0 Å². The lowest BCUT2D eigenvalue weighted by molar-refractivity contribution is 0.311. The van der Waals surface area contributed by atoms with Crippen molar-refractivity contribution in [3.63, 3.8) is 0 Å². The number of aromatic nitrogens is 2. The van der Waals surface area contributed by atoms with Crippen molar-refractivity contribution in [2.24, 2.45) is 0 Å².